The van der Waals surface area contributed by atoms with E-state index >= 15 is 0 Å². The van der Waals surface area contributed by atoms with Crippen molar-refractivity contribution in [2.24, 2.45) is 11.0 Å². The SMILES string of the molecule is C[C@@](C(N)=O)(C(=O)O)N(CCCl)N=O. The van der Waals surface area contributed by atoms with Crippen molar-refractivity contribution in [1.29, 1.82) is 0 Å². The lowest BCUT2D eigenvalue weighted by atomic mass is 10.0. The molecule has 0 saturated heterocycles. The van der Waals surface area contributed by atoms with Crippen LogP contribution in [0.1, 0.15) is 6.92 Å². The van der Waals surface area contributed by atoms with E-state index in [0.717, 1.165) is 6.92 Å². The van der Waals surface area contributed by atoms with Crippen LogP contribution >= 0.6 is 11.6 Å². The highest BCUT2D eigenvalue weighted by atomic mass is 35.5. The third kappa shape index (κ3) is 2.11. The fourth-order valence-electron chi connectivity index (χ4n) is 0.769. The second-order valence-electron chi connectivity index (χ2n) is 2.64. The van der Waals surface area contributed by atoms with Crippen LogP contribution in [0.15, 0.2) is 5.29 Å². The minimum absolute atomic E-state index is 0.0398. The number of nitrogens with zero attached hydrogens (tertiary/aromatic N) is 2. The van der Waals surface area contributed by atoms with Gasteiger partial charge in [-0.1, -0.05) is 0 Å². The highest BCUT2D eigenvalue weighted by Crippen LogP contribution is 2.15. The molecular weight excluding hydrogens is 214 g/mol. The number of primary amides is 1. The van der Waals surface area contributed by atoms with E-state index in [9.17, 15) is 14.5 Å². The number of carbonyl (C=O) groups is 2. The molecular formula is C6H10ClN3O4. The molecule has 0 spiro atoms. The van der Waals surface area contributed by atoms with Gasteiger partial charge in [-0.25, -0.2) is 9.80 Å². The normalized spacial score (nSPS) is 14.1. The summed E-state index contributed by atoms with van der Waals surface area (Å²) in [5.41, 5.74) is 2.72. The van der Waals surface area contributed by atoms with Crippen molar-refractivity contribution >= 4 is 23.5 Å². The van der Waals surface area contributed by atoms with Crippen molar-refractivity contribution in [3.8, 4) is 0 Å². The molecule has 0 radical (unpaired) electrons. The number of nitroso groups, excluding NO2 is 1. The number of rotatable bonds is 6. The van der Waals surface area contributed by atoms with Gasteiger partial charge in [0.25, 0.3) is 5.91 Å². The van der Waals surface area contributed by atoms with Gasteiger partial charge in [-0.2, -0.15) is 0 Å². The van der Waals surface area contributed by atoms with Crippen LogP contribution in [0.5, 0.6) is 0 Å². The standard InChI is InChI=1S/C6H10ClN3O4/c1-6(4(8)11,5(12)13)10(9-14)3-2-7/h2-3H2,1H3,(H2,8,11)(H,12,13)/t6-/m1/s1. The van der Waals surface area contributed by atoms with E-state index in [-0.39, 0.29) is 12.4 Å². The van der Waals surface area contributed by atoms with Gasteiger partial charge in [-0.3, -0.25) is 4.79 Å². The molecule has 8 heteroatoms. The summed E-state index contributed by atoms with van der Waals surface area (Å²) < 4.78 is 0. The molecule has 0 aliphatic carbocycles. The first-order valence-electron chi connectivity index (χ1n) is 3.61. The van der Waals surface area contributed by atoms with Gasteiger partial charge in [0.05, 0.1) is 11.8 Å². The summed E-state index contributed by atoms with van der Waals surface area (Å²) in [5.74, 6) is -2.76. The first-order chi connectivity index (χ1) is 6.41. The summed E-state index contributed by atoms with van der Waals surface area (Å²) in [6, 6.07) is 0. The number of nitrogens with two attached hydrogens (primary N) is 1. The molecule has 7 nitrogen and oxygen atoms in total. The van der Waals surface area contributed by atoms with Crippen LogP contribution in [0, 0.1) is 4.91 Å². The van der Waals surface area contributed by atoms with Gasteiger partial charge in [0.15, 0.2) is 0 Å². The summed E-state index contributed by atoms with van der Waals surface area (Å²) in [7, 11) is 0. The maximum absolute atomic E-state index is 10.9. The highest BCUT2D eigenvalue weighted by molar-refractivity contribution is 6.18. The quantitative estimate of drug-likeness (QED) is 0.274. The van der Waals surface area contributed by atoms with E-state index in [0.29, 0.717) is 5.01 Å². The van der Waals surface area contributed by atoms with E-state index in [1.54, 1.807) is 0 Å². The molecule has 14 heavy (non-hydrogen) atoms. The molecule has 0 heterocycles. The Balaban J connectivity index is 5.05. The summed E-state index contributed by atoms with van der Waals surface area (Å²) in [4.78, 5) is 31.9. The molecule has 3 N–H and O–H groups in total. The van der Waals surface area contributed by atoms with Gasteiger partial charge >= 0.3 is 5.97 Å². The van der Waals surface area contributed by atoms with Gasteiger partial charge in [-0.15, -0.1) is 16.5 Å². The number of hydrogen-bond acceptors (Lipinski definition) is 4. The largest absolute Gasteiger partial charge is 0.479 e. The van der Waals surface area contributed by atoms with E-state index in [2.05, 4.69) is 5.29 Å². The fraction of sp³-hybridized carbons (Fsp3) is 0.667. The first kappa shape index (κ1) is 12.6. The van der Waals surface area contributed by atoms with Crippen LogP contribution in [0.3, 0.4) is 0 Å². The monoisotopic (exact) mass is 223 g/mol. The predicted octanol–water partition coefficient (Wildman–Crippen LogP) is -0.463. The Hall–Kier alpha value is -1.37. The number of alkyl halides is 1. The maximum atomic E-state index is 10.9. The molecule has 0 aliphatic heterocycles. The van der Waals surface area contributed by atoms with Crippen molar-refractivity contribution in [3.05, 3.63) is 4.91 Å². The van der Waals surface area contributed by atoms with Gasteiger partial charge in [-0.05, 0) is 6.92 Å². The van der Waals surface area contributed by atoms with Crippen LogP contribution in [0.25, 0.3) is 0 Å². The third-order valence-corrected chi connectivity index (χ3v) is 1.98. The molecule has 0 unspecified atom stereocenters. The number of amides is 1. The lowest BCUT2D eigenvalue weighted by Crippen LogP contribution is -2.59. The van der Waals surface area contributed by atoms with E-state index in [4.69, 9.17) is 22.4 Å². The van der Waals surface area contributed by atoms with E-state index in [1.807, 2.05) is 0 Å². The minimum Gasteiger partial charge on any atom is -0.479 e. The number of halogens is 1. The zero-order valence-corrected chi connectivity index (χ0v) is 8.19. The van der Waals surface area contributed by atoms with Crippen molar-refractivity contribution in [3.63, 3.8) is 0 Å². The number of carboxylic acids is 1. The molecule has 0 rings (SSSR count). The summed E-state index contributed by atoms with van der Waals surface area (Å²) >= 11 is 5.30. The number of carbonyl (C=O) groups excluding carboxylic acids is 1. The topological polar surface area (TPSA) is 113 Å². The van der Waals surface area contributed by atoms with Crippen LogP contribution in [0.2, 0.25) is 0 Å². The van der Waals surface area contributed by atoms with Crippen LogP contribution in [0.4, 0.5) is 0 Å². The Morgan fingerprint density at radius 1 is 1.64 bits per heavy atom. The number of carboxylic acid groups (broad SMARTS) is 1. The Morgan fingerprint density at radius 3 is 2.36 bits per heavy atom. The van der Waals surface area contributed by atoms with Crippen molar-refractivity contribution in [2.75, 3.05) is 12.4 Å². The average molecular weight is 224 g/mol. The first-order valence-corrected chi connectivity index (χ1v) is 4.14. The van der Waals surface area contributed by atoms with Crippen LogP contribution in [-0.2, 0) is 9.59 Å². The molecule has 0 aromatic heterocycles. The predicted molar refractivity (Wildman–Crippen MR) is 48.5 cm³/mol. The molecule has 0 aliphatic rings. The Kier molecular flexibility index (Phi) is 4.29. The fourth-order valence-corrected chi connectivity index (χ4v) is 0.929. The van der Waals surface area contributed by atoms with Crippen molar-refractivity contribution in [2.45, 2.75) is 12.5 Å². The lowest BCUT2D eigenvalue weighted by molar-refractivity contribution is -0.156. The number of aliphatic carboxylic acids is 1. The molecule has 0 aromatic carbocycles. The van der Waals surface area contributed by atoms with E-state index < -0.39 is 17.4 Å². The molecule has 0 aromatic rings. The summed E-state index contributed by atoms with van der Waals surface area (Å²) in [6.07, 6.45) is 0. The Bertz CT molecular complexity index is 243. The molecule has 80 valence electrons. The second-order valence-corrected chi connectivity index (χ2v) is 3.01. The lowest BCUT2D eigenvalue weighted by Gasteiger charge is -2.29. The number of hydrogen-bond donors (Lipinski definition) is 2. The third-order valence-electron chi connectivity index (χ3n) is 1.81. The van der Waals surface area contributed by atoms with Crippen LogP contribution < -0.4 is 5.73 Å². The van der Waals surface area contributed by atoms with Gasteiger partial charge in [0, 0.05) is 5.88 Å². The molecule has 1 amide bonds. The van der Waals surface area contributed by atoms with Gasteiger partial charge in [0.2, 0.25) is 5.54 Å². The summed E-state index contributed by atoms with van der Waals surface area (Å²) in [6.45, 7) is 0.822. The Morgan fingerprint density at radius 2 is 2.14 bits per heavy atom. The van der Waals surface area contributed by atoms with Gasteiger partial charge in [0.1, 0.15) is 0 Å². The Labute approximate surface area is 84.7 Å². The molecule has 0 bridgehead atoms. The van der Waals surface area contributed by atoms with Gasteiger partial charge < -0.3 is 10.8 Å². The van der Waals surface area contributed by atoms with Crippen molar-refractivity contribution in [1.82, 2.24) is 5.01 Å². The second kappa shape index (κ2) is 4.75. The summed E-state index contributed by atoms with van der Waals surface area (Å²) in [5, 5.41) is 11.7. The highest BCUT2D eigenvalue weighted by Gasteiger charge is 2.46. The van der Waals surface area contributed by atoms with Crippen molar-refractivity contribution < 1.29 is 14.7 Å². The zero-order valence-electron chi connectivity index (χ0n) is 7.44. The maximum Gasteiger partial charge on any atom is 0.340 e. The molecule has 0 saturated carbocycles. The minimum atomic E-state index is -2.16. The smallest absolute Gasteiger partial charge is 0.340 e. The molecule has 1 atom stereocenters. The molecule has 0 fully saturated rings. The average Bonchev–Trinajstić information content (AvgIpc) is 2.12. The van der Waals surface area contributed by atoms with E-state index in [1.165, 1.54) is 0 Å². The van der Waals surface area contributed by atoms with Crippen LogP contribution in [-0.4, -0.2) is 40.0 Å². The zero-order chi connectivity index (χ0) is 11.4.